The maximum absolute atomic E-state index is 12.8. The number of phenols is 1. The lowest BCUT2D eigenvalue weighted by Crippen LogP contribution is -2.21. The highest BCUT2D eigenvalue weighted by atomic mass is 32.2. The number of nitrogens with two attached hydrogens (primary N) is 1. The van der Waals surface area contributed by atoms with Crippen LogP contribution in [0.25, 0.3) is 6.08 Å². The van der Waals surface area contributed by atoms with Gasteiger partial charge in [0.1, 0.15) is 0 Å². The van der Waals surface area contributed by atoms with Crippen molar-refractivity contribution in [1.29, 1.82) is 0 Å². The zero-order chi connectivity index (χ0) is 19.8. The molecule has 27 heavy (non-hydrogen) atoms. The van der Waals surface area contributed by atoms with Crippen LogP contribution >= 0.6 is 0 Å². The van der Waals surface area contributed by atoms with E-state index in [1.165, 1.54) is 37.5 Å². The number of sulfonamides is 1. The second-order valence-corrected chi connectivity index (χ2v) is 7.36. The monoisotopic (exact) mass is 387 g/mol. The van der Waals surface area contributed by atoms with E-state index >= 15 is 0 Å². The number of nitrogens with zero attached hydrogens (tertiary/aromatic N) is 2. The van der Waals surface area contributed by atoms with Crippen molar-refractivity contribution in [3.05, 3.63) is 53.6 Å². The van der Waals surface area contributed by atoms with Gasteiger partial charge in [-0.15, -0.1) is 0 Å². The van der Waals surface area contributed by atoms with E-state index in [1.54, 1.807) is 25.1 Å². The number of para-hydroxylation sites is 1. The van der Waals surface area contributed by atoms with E-state index in [0.29, 0.717) is 28.3 Å². The van der Waals surface area contributed by atoms with Gasteiger partial charge in [-0.05, 0) is 43.3 Å². The summed E-state index contributed by atoms with van der Waals surface area (Å²) in [7, 11) is -2.38. The lowest BCUT2D eigenvalue weighted by atomic mass is 10.1. The number of phenolic OH excluding ortho intramolecular Hbond substituents is 1. The Morgan fingerprint density at radius 1 is 1.19 bits per heavy atom. The van der Waals surface area contributed by atoms with Gasteiger partial charge in [0, 0.05) is 5.56 Å². The van der Waals surface area contributed by atoms with Gasteiger partial charge in [-0.3, -0.25) is 4.79 Å². The molecule has 0 saturated heterocycles. The Bertz CT molecular complexity index is 1070. The predicted octanol–water partition coefficient (Wildman–Crippen LogP) is 1.85. The Kier molecular flexibility index (Phi) is 4.73. The quantitative estimate of drug-likeness (QED) is 0.775. The molecule has 0 radical (unpaired) electrons. The smallest absolute Gasteiger partial charge is 0.280 e. The number of hydrazone groups is 1. The second-order valence-electron chi connectivity index (χ2n) is 5.80. The van der Waals surface area contributed by atoms with Crippen molar-refractivity contribution in [1.82, 2.24) is 0 Å². The van der Waals surface area contributed by atoms with Gasteiger partial charge in [0.2, 0.25) is 10.0 Å². The zero-order valence-electron chi connectivity index (χ0n) is 14.6. The third kappa shape index (κ3) is 3.55. The molecular weight excluding hydrogens is 370 g/mol. The van der Waals surface area contributed by atoms with Gasteiger partial charge in [0.25, 0.3) is 5.91 Å². The maximum Gasteiger partial charge on any atom is 0.280 e. The molecule has 0 fully saturated rings. The number of rotatable bonds is 4. The number of aromatic hydroxyl groups is 1. The molecule has 2 aromatic carbocycles. The number of hydrogen-bond donors (Lipinski definition) is 2. The van der Waals surface area contributed by atoms with Gasteiger partial charge in [-0.25, -0.2) is 13.6 Å². The molecule has 1 heterocycles. The van der Waals surface area contributed by atoms with Crippen LogP contribution in [-0.2, 0) is 14.8 Å². The number of benzene rings is 2. The number of methoxy groups -OCH3 is 1. The average molecular weight is 387 g/mol. The largest absolute Gasteiger partial charge is 0.504 e. The van der Waals surface area contributed by atoms with Crippen molar-refractivity contribution >= 4 is 33.4 Å². The molecule has 2 aromatic rings. The first kappa shape index (κ1) is 18.6. The standard InChI is InChI=1S/C18H17N3O5S/c1-11-15(10-12-4-3-5-16(26-2)17(12)22)18(23)21(20-11)13-6-8-14(9-7-13)27(19,24)25/h3-10,22H,1-2H3,(H2,19,24,25)/b15-10-. The van der Waals surface area contributed by atoms with E-state index < -0.39 is 15.9 Å². The molecule has 8 nitrogen and oxygen atoms in total. The molecule has 0 atom stereocenters. The van der Waals surface area contributed by atoms with Gasteiger partial charge in [-0.1, -0.05) is 12.1 Å². The highest BCUT2D eigenvalue weighted by Crippen LogP contribution is 2.32. The Hall–Kier alpha value is -3.17. The van der Waals surface area contributed by atoms with Crippen molar-refractivity contribution < 1.29 is 23.1 Å². The summed E-state index contributed by atoms with van der Waals surface area (Å²) in [5.74, 6) is -0.193. The van der Waals surface area contributed by atoms with Crippen molar-refractivity contribution in [2.24, 2.45) is 10.2 Å². The highest BCUT2D eigenvalue weighted by Gasteiger charge is 2.29. The van der Waals surface area contributed by atoms with Crippen LogP contribution in [-0.4, -0.2) is 32.3 Å². The number of ether oxygens (including phenoxy) is 1. The third-order valence-corrected chi connectivity index (χ3v) is 4.95. The normalized spacial score (nSPS) is 16.0. The van der Waals surface area contributed by atoms with Gasteiger partial charge >= 0.3 is 0 Å². The van der Waals surface area contributed by atoms with Gasteiger partial charge < -0.3 is 9.84 Å². The molecule has 1 aliphatic rings. The second kappa shape index (κ2) is 6.86. The van der Waals surface area contributed by atoms with Gasteiger partial charge in [-0.2, -0.15) is 10.1 Å². The van der Waals surface area contributed by atoms with E-state index in [9.17, 15) is 18.3 Å². The number of anilines is 1. The third-order valence-electron chi connectivity index (χ3n) is 4.02. The fourth-order valence-electron chi connectivity index (χ4n) is 2.61. The molecule has 1 amide bonds. The number of hydrogen-bond acceptors (Lipinski definition) is 6. The predicted molar refractivity (Wildman–Crippen MR) is 101 cm³/mol. The summed E-state index contributed by atoms with van der Waals surface area (Å²) < 4.78 is 27.8. The number of primary sulfonamides is 1. The Labute approximate surface area is 156 Å². The molecule has 1 aliphatic heterocycles. The van der Waals surface area contributed by atoms with Crippen LogP contribution in [0, 0.1) is 0 Å². The van der Waals surface area contributed by atoms with Crippen molar-refractivity contribution in [2.45, 2.75) is 11.8 Å². The van der Waals surface area contributed by atoms with E-state index in [2.05, 4.69) is 5.10 Å². The molecule has 0 aromatic heterocycles. The molecule has 0 unspecified atom stereocenters. The Balaban J connectivity index is 1.95. The average Bonchev–Trinajstić information content (AvgIpc) is 2.91. The fraction of sp³-hybridized carbons (Fsp3) is 0.111. The molecule has 140 valence electrons. The Morgan fingerprint density at radius 3 is 2.44 bits per heavy atom. The molecule has 0 bridgehead atoms. The van der Waals surface area contributed by atoms with Crippen LogP contribution in [0.1, 0.15) is 12.5 Å². The van der Waals surface area contributed by atoms with Crippen LogP contribution in [0.2, 0.25) is 0 Å². The lowest BCUT2D eigenvalue weighted by Gasteiger charge is -2.12. The fourth-order valence-corrected chi connectivity index (χ4v) is 3.13. The minimum atomic E-state index is -3.82. The zero-order valence-corrected chi connectivity index (χ0v) is 15.4. The first-order chi connectivity index (χ1) is 12.7. The molecule has 3 rings (SSSR count). The summed E-state index contributed by atoms with van der Waals surface area (Å²) in [6.07, 6.45) is 1.53. The van der Waals surface area contributed by atoms with Crippen LogP contribution in [0.4, 0.5) is 5.69 Å². The summed E-state index contributed by atoms with van der Waals surface area (Å²) in [5.41, 5.74) is 1.57. The molecule has 0 spiro atoms. The van der Waals surface area contributed by atoms with E-state index in [0.717, 1.165) is 5.01 Å². The minimum absolute atomic E-state index is 0.0596. The first-order valence-corrected chi connectivity index (χ1v) is 9.37. The van der Waals surface area contributed by atoms with Gasteiger partial charge in [0.05, 0.1) is 29.0 Å². The molecule has 0 saturated carbocycles. The Morgan fingerprint density at radius 2 is 1.85 bits per heavy atom. The molecule has 3 N–H and O–H groups in total. The first-order valence-electron chi connectivity index (χ1n) is 7.83. The molecule has 9 heteroatoms. The van der Waals surface area contributed by atoms with Crippen LogP contribution < -0.4 is 14.9 Å². The topological polar surface area (TPSA) is 122 Å². The summed E-state index contributed by atoms with van der Waals surface area (Å²) in [5, 5.41) is 20.7. The lowest BCUT2D eigenvalue weighted by molar-refractivity contribution is -0.114. The highest BCUT2D eigenvalue weighted by molar-refractivity contribution is 7.89. The number of carbonyl (C=O) groups excluding carboxylic acids is 1. The molecule has 0 aliphatic carbocycles. The minimum Gasteiger partial charge on any atom is -0.504 e. The SMILES string of the molecule is COc1cccc(/C=C2\C(=O)N(c3ccc(S(N)(=O)=O)cc3)N=C2C)c1O. The van der Waals surface area contributed by atoms with E-state index in [1.807, 2.05) is 0 Å². The molecular formula is C18H17N3O5S. The van der Waals surface area contributed by atoms with E-state index in [-0.39, 0.29) is 10.6 Å². The van der Waals surface area contributed by atoms with Crippen LogP contribution in [0.3, 0.4) is 0 Å². The van der Waals surface area contributed by atoms with E-state index in [4.69, 9.17) is 9.88 Å². The van der Waals surface area contributed by atoms with Crippen LogP contribution in [0.5, 0.6) is 11.5 Å². The summed E-state index contributed by atoms with van der Waals surface area (Å²) in [6.45, 7) is 1.67. The maximum atomic E-state index is 12.8. The number of amides is 1. The van der Waals surface area contributed by atoms with Crippen molar-refractivity contribution in [3.63, 3.8) is 0 Å². The van der Waals surface area contributed by atoms with Crippen molar-refractivity contribution in [2.75, 3.05) is 12.1 Å². The summed E-state index contributed by atoms with van der Waals surface area (Å²) in [6, 6.07) is 10.4. The van der Waals surface area contributed by atoms with Gasteiger partial charge in [0.15, 0.2) is 11.5 Å². The van der Waals surface area contributed by atoms with Crippen molar-refractivity contribution in [3.8, 4) is 11.5 Å². The number of carbonyl (C=O) groups is 1. The summed E-state index contributed by atoms with van der Waals surface area (Å²) >= 11 is 0. The van der Waals surface area contributed by atoms with Crippen LogP contribution in [0.15, 0.2) is 58.0 Å². The summed E-state index contributed by atoms with van der Waals surface area (Å²) in [4.78, 5) is 12.7.